The normalized spacial score (nSPS) is 10.5. The predicted molar refractivity (Wildman–Crippen MR) is 60.0 cm³/mol. The smallest absolute Gasteiger partial charge is 0.336 e. The van der Waals surface area contributed by atoms with Crippen LogP contribution >= 0.6 is 0 Å². The first kappa shape index (κ1) is 14.1. The lowest BCUT2D eigenvalue weighted by atomic mass is 10.0. The molecule has 0 saturated carbocycles. The first-order valence-corrected chi connectivity index (χ1v) is 5.17. The minimum atomic E-state index is -1.34. The Bertz CT molecular complexity index is 442. The van der Waals surface area contributed by atoms with Crippen LogP contribution in [-0.2, 0) is 11.2 Å². The minimum absolute atomic E-state index is 0.0291. The highest BCUT2D eigenvalue weighted by molar-refractivity contribution is 5.91. The molecule has 0 unspecified atom stereocenters. The van der Waals surface area contributed by atoms with Crippen LogP contribution in [0.1, 0.15) is 15.9 Å². The Morgan fingerprint density at radius 3 is 2.39 bits per heavy atom. The molecule has 7 nitrogen and oxygen atoms in total. The summed E-state index contributed by atoms with van der Waals surface area (Å²) >= 11 is 0. The van der Waals surface area contributed by atoms with Crippen LogP contribution in [0.2, 0.25) is 0 Å². The lowest BCUT2D eigenvalue weighted by molar-refractivity contribution is 0.0691. The zero-order valence-electron chi connectivity index (χ0n) is 9.46. The SMILES string of the molecule is O=C(O)c1cc(O)c(O)c(O)c1CCOCCO. The third-order valence-electron chi connectivity index (χ3n) is 2.32. The average molecular weight is 258 g/mol. The quantitative estimate of drug-likeness (QED) is 0.360. The maximum absolute atomic E-state index is 10.9. The molecule has 0 saturated heterocycles. The predicted octanol–water partition coefficient (Wildman–Crippen LogP) is 0.0530. The van der Waals surface area contributed by atoms with Gasteiger partial charge in [-0.05, 0) is 6.07 Å². The standard InChI is InChI=1S/C11H14O7/c12-2-4-18-3-1-6-7(11(16)17)5-8(13)10(15)9(6)14/h5,12-15H,1-4H2,(H,16,17). The van der Waals surface area contributed by atoms with Gasteiger partial charge >= 0.3 is 5.97 Å². The Morgan fingerprint density at radius 1 is 1.17 bits per heavy atom. The second kappa shape index (κ2) is 6.08. The van der Waals surface area contributed by atoms with E-state index < -0.39 is 23.2 Å². The number of hydrogen-bond acceptors (Lipinski definition) is 6. The molecule has 0 aliphatic carbocycles. The number of benzene rings is 1. The summed E-state index contributed by atoms with van der Waals surface area (Å²) in [5, 5.41) is 45.6. The fourth-order valence-corrected chi connectivity index (χ4v) is 1.47. The van der Waals surface area contributed by atoms with Crippen LogP contribution in [0.15, 0.2) is 6.07 Å². The Hall–Kier alpha value is -1.99. The van der Waals surface area contributed by atoms with Gasteiger partial charge in [0.05, 0.1) is 25.4 Å². The molecule has 1 aromatic rings. The third-order valence-corrected chi connectivity index (χ3v) is 2.32. The molecule has 0 radical (unpaired) electrons. The van der Waals surface area contributed by atoms with Gasteiger partial charge in [-0.15, -0.1) is 0 Å². The summed E-state index contributed by atoms with van der Waals surface area (Å²) in [6.45, 7) is -0.00948. The van der Waals surface area contributed by atoms with E-state index >= 15 is 0 Å². The maximum atomic E-state index is 10.9. The van der Waals surface area contributed by atoms with E-state index in [1.807, 2.05) is 0 Å². The number of carboxylic acids is 1. The van der Waals surface area contributed by atoms with Crippen LogP contribution in [0.3, 0.4) is 0 Å². The number of phenolic OH excluding ortho intramolecular Hbond substituents is 3. The zero-order valence-corrected chi connectivity index (χ0v) is 9.46. The monoisotopic (exact) mass is 258 g/mol. The van der Waals surface area contributed by atoms with E-state index in [-0.39, 0.29) is 37.4 Å². The van der Waals surface area contributed by atoms with E-state index in [9.17, 15) is 20.1 Å². The van der Waals surface area contributed by atoms with Crippen molar-refractivity contribution in [1.82, 2.24) is 0 Å². The number of aromatic hydroxyl groups is 3. The molecule has 0 heterocycles. The summed E-state index contributed by atoms with van der Waals surface area (Å²) in [4.78, 5) is 10.9. The highest BCUT2D eigenvalue weighted by Gasteiger charge is 2.20. The summed E-state index contributed by atoms with van der Waals surface area (Å²) < 4.78 is 4.95. The number of carbonyl (C=O) groups is 1. The molecule has 0 spiro atoms. The molecule has 1 aromatic carbocycles. The first-order valence-electron chi connectivity index (χ1n) is 5.17. The van der Waals surface area contributed by atoms with Gasteiger partial charge in [0.1, 0.15) is 0 Å². The van der Waals surface area contributed by atoms with Crippen LogP contribution in [0.4, 0.5) is 0 Å². The lowest BCUT2D eigenvalue weighted by Gasteiger charge is -2.11. The number of carboxylic acid groups (broad SMARTS) is 1. The molecular weight excluding hydrogens is 244 g/mol. The third kappa shape index (κ3) is 3.02. The van der Waals surface area contributed by atoms with Gasteiger partial charge in [-0.3, -0.25) is 0 Å². The van der Waals surface area contributed by atoms with E-state index in [1.165, 1.54) is 0 Å². The topological polar surface area (TPSA) is 127 Å². The lowest BCUT2D eigenvalue weighted by Crippen LogP contribution is -2.08. The van der Waals surface area contributed by atoms with Crippen LogP contribution in [0, 0.1) is 0 Å². The Labute approximate surface area is 103 Å². The van der Waals surface area contributed by atoms with Gasteiger partial charge in [-0.2, -0.15) is 0 Å². The number of aliphatic hydroxyl groups excluding tert-OH is 1. The molecule has 1 rings (SSSR count). The summed E-state index contributed by atoms with van der Waals surface area (Å²) in [7, 11) is 0. The van der Waals surface area contributed by atoms with Crippen molar-refractivity contribution in [3.63, 3.8) is 0 Å². The van der Waals surface area contributed by atoms with Crippen LogP contribution in [0.25, 0.3) is 0 Å². The van der Waals surface area contributed by atoms with Crippen LogP contribution < -0.4 is 0 Å². The molecule has 7 heteroatoms. The summed E-state index contributed by atoms with van der Waals surface area (Å²) in [6, 6.07) is 0.860. The van der Waals surface area contributed by atoms with E-state index in [0.29, 0.717) is 0 Å². The summed E-state index contributed by atoms with van der Waals surface area (Å²) in [5.74, 6) is -3.49. The zero-order chi connectivity index (χ0) is 13.7. The van der Waals surface area contributed by atoms with Gasteiger partial charge in [-0.25, -0.2) is 4.79 Å². The molecule has 5 N–H and O–H groups in total. The van der Waals surface area contributed by atoms with Crippen LogP contribution in [-0.4, -0.2) is 51.3 Å². The van der Waals surface area contributed by atoms with Crippen molar-refractivity contribution in [1.29, 1.82) is 0 Å². The van der Waals surface area contributed by atoms with Crippen molar-refractivity contribution >= 4 is 5.97 Å². The van der Waals surface area contributed by atoms with Gasteiger partial charge < -0.3 is 30.3 Å². The van der Waals surface area contributed by atoms with Crippen molar-refractivity contribution in [2.75, 3.05) is 19.8 Å². The first-order chi connectivity index (χ1) is 8.49. The highest BCUT2D eigenvalue weighted by Crippen LogP contribution is 2.39. The van der Waals surface area contributed by atoms with Gasteiger partial charge in [-0.1, -0.05) is 0 Å². The maximum Gasteiger partial charge on any atom is 0.336 e. The second-order valence-corrected chi connectivity index (χ2v) is 3.51. The molecule has 0 atom stereocenters. The highest BCUT2D eigenvalue weighted by atomic mass is 16.5. The molecule has 0 aliphatic rings. The van der Waals surface area contributed by atoms with Gasteiger partial charge in [0.15, 0.2) is 11.5 Å². The van der Waals surface area contributed by atoms with E-state index in [0.717, 1.165) is 6.07 Å². The number of rotatable bonds is 6. The van der Waals surface area contributed by atoms with E-state index in [1.54, 1.807) is 0 Å². The van der Waals surface area contributed by atoms with E-state index in [4.69, 9.17) is 14.9 Å². The molecule has 0 aromatic heterocycles. The molecule has 0 fully saturated rings. The minimum Gasteiger partial charge on any atom is -0.504 e. The Kier molecular flexibility index (Phi) is 4.75. The Balaban J connectivity index is 3.00. The van der Waals surface area contributed by atoms with Gasteiger partial charge in [0.25, 0.3) is 0 Å². The second-order valence-electron chi connectivity index (χ2n) is 3.51. The fraction of sp³-hybridized carbons (Fsp3) is 0.364. The molecule has 0 aliphatic heterocycles. The number of phenols is 3. The largest absolute Gasteiger partial charge is 0.504 e. The molecule has 100 valence electrons. The van der Waals surface area contributed by atoms with E-state index in [2.05, 4.69) is 0 Å². The molecule has 0 amide bonds. The van der Waals surface area contributed by atoms with Gasteiger partial charge in [0, 0.05) is 12.0 Å². The summed E-state index contributed by atoms with van der Waals surface area (Å²) in [5.41, 5.74) is -0.342. The van der Waals surface area contributed by atoms with Crippen molar-refractivity contribution in [3.8, 4) is 17.2 Å². The van der Waals surface area contributed by atoms with Crippen molar-refractivity contribution in [2.24, 2.45) is 0 Å². The van der Waals surface area contributed by atoms with Crippen molar-refractivity contribution in [3.05, 3.63) is 17.2 Å². The van der Waals surface area contributed by atoms with Gasteiger partial charge in [0.2, 0.25) is 5.75 Å². The van der Waals surface area contributed by atoms with Crippen molar-refractivity contribution < 1.29 is 35.1 Å². The number of ether oxygens (including phenoxy) is 1. The number of aliphatic hydroxyl groups is 1. The van der Waals surface area contributed by atoms with Crippen molar-refractivity contribution in [2.45, 2.75) is 6.42 Å². The number of aromatic carboxylic acids is 1. The molecule has 18 heavy (non-hydrogen) atoms. The fourth-order valence-electron chi connectivity index (χ4n) is 1.47. The molecule has 0 bridgehead atoms. The Morgan fingerprint density at radius 2 is 1.83 bits per heavy atom. The summed E-state index contributed by atoms with van der Waals surface area (Å²) in [6.07, 6.45) is 0.0291. The average Bonchev–Trinajstić information content (AvgIpc) is 2.33. The van der Waals surface area contributed by atoms with Crippen LogP contribution in [0.5, 0.6) is 17.2 Å². The number of hydrogen-bond donors (Lipinski definition) is 5. The molecular formula is C11H14O7.